The number of carbonyl (C=O) groups is 2. The van der Waals surface area contributed by atoms with Gasteiger partial charge in [0, 0.05) is 6.20 Å². The van der Waals surface area contributed by atoms with Crippen LogP contribution in [0.25, 0.3) is 5.52 Å². The number of aromatic nitrogens is 2. The Bertz CT molecular complexity index is 835. The second-order valence-corrected chi connectivity index (χ2v) is 5.22. The first kappa shape index (κ1) is 14.8. The van der Waals surface area contributed by atoms with Crippen molar-refractivity contribution in [2.24, 2.45) is 0 Å². The summed E-state index contributed by atoms with van der Waals surface area (Å²) < 4.78 is 1.64. The number of pyridine rings is 1. The molecule has 3 rings (SSSR count). The molecule has 0 unspecified atom stereocenters. The van der Waals surface area contributed by atoms with Crippen LogP contribution in [0.2, 0.25) is 0 Å². The highest BCUT2D eigenvalue weighted by Gasteiger charge is 2.15. The van der Waals surface area contributed by atoms with Crippen molar-refractivity contribution in [3.63, 3.8) is 0 Å². The van der Waals surface area contributed by atoms with E-state index in [1.165, 1.54) is 12.1 Å². The Labute approximate surface area is 132 Å². The molecule has 0 radical (unpaired) electrons. The molecule has 0 spiro atoms. The van der Waals surface area contributed by atoms with E-state index in [0.717, 1.165) is 11.1 Å². The highest BCUT2D eigenvalue weighted by molar-refractivity contribution is 5.93. The molecule has 6 nitrogen and oxygen atoms in total. The maximum absolute atomic E-state index is 12.3. The second kappa shape index (κ2) is 5.92. The molecule has 0 saturated carbocycles. The zero-order valence-corrected chi connectivity index (χ0v) is 12.4. The van der Waals surface area contributed by atoms with E-state index in [0.29, 0.717) is 5.69 Å². The summed E-state index contributed by atoms with van der Waals surface area (Å²) in [7, 11) is 0. The average Bonchev–Trinajstić information content (AvgIpc) is 2.99. The highest BCUT2D eigenvalue weighted by atomic mass is 16.4. The summed E-state index contributed by atoms with van der Waals surface area (Å²) in [6, 6.07) is 13.5. The standard InChI is InChI=1S/C17H15N3O3/c1-11(12-5-7-13(8-6-12)17(22)23)18-16(21)15-10-14-4-2-3-9-20(14)19-15/h2-11H,1H3,(H,18,21)(H,22,23)/t11-/m1/s1. The van der Waals surface area contributed by atoms with Crippen LogP contribution in [0.4, 0.5) is 0 Å². The van der Waals surface area contributed by atoms with Crippen molar-refractivity contribution in [3.05, 3.63) is 71.5 Å². The number of carbonyl (C=O) groups excluding carboxylic acids is 1. The van der Waals surface area contributed by atoms with Crippen molar-refractivity contribution < 1.29 is 14.7 Å². The molecule has 2 aromatic heterocycles. The van der Waals surface area contributed by atoms with Crippen LogP contribution < -0.4 is 5.32 Å². The van der Waals surface area contributed by atoms with E-state index in [4.69, 9.17) is 5.11 Å². The summed E-state index contributed by atoms with van der Waals surface area (Å²) in [5.74, 6) is -1.25. The van der Waals surface area contributed by atoms with Crippen molar-refractivity contribution in [2.75, 3.05) is 0 Å². The van der Waals surface area contributed by atoms with Crippen molar-refractivity contribution in [2.45, 2.75) is 13.0 Å². The number of carboxylic acid groups (broad SMARTS) is 1. The van der Waals surface area contributed by atoms with Crippen molar-refractivity contribution in [1.82, 2.24) is 14.9 Å². The van der Waals surface area contributed by atoms with Gasteiger partial charge in [-0.2, -0.15) is 5.10 Å². The number of nitrogens with one attached hydrogen (secondary N) is 1. The van der Waals surface area contributed by atoms with Gasteiger partial charge in [0.05, 0.1) is 17.1 Å². The van der Waals surface area contributed by atoms with Gasteiger partial charge < -0.3 is 10.4 Å². The molecule has 1 amide bonds. The molecule has 0 saturated heterocycles. The quantitative estimate of drug-likeness (QED) is 0.775. The molecule has 6 heteroatoms. The lowest BCUT2D eigenvalue weighted by atomic mass is 10.1. The van der Waals surface area contributed by atoms with Gasteiger partial charge in [-0.1, -0.05) is 18.2 Å². The molecule has 116 valence electrons. The fourth-order valence-electron chi connectivity index (χ4n) is 2.32. The van der Waals surface area contributed by atoms with Gasteiger partial charge in [0.2, 0.25) is 0 Å². The van der Waals surface area contributed by atoms with E-state index in [2.05, 4.69) is 10.4 Å². The van der Waals surface area contributed by atoms with E-state index < -0.39 is 5.97 Å². The average molecular weight is 309 g/mol. The Morgan fingerprint density at radius 2 is 1.91 bits per heavy atom. The number of hydrogen-bond acceptors (Lipinski definition) is 3. The van der Waals surface area contributed by atoms with Crippen LogP contribution in [0.1, 0.15) is 39.4 Å². The minimum absolute atomic E-state index is 0.215. The van der Waals surface area contributed by atoms with Crippen LogP contribution in [-0.2, 0) is 0 Å². The Kier molecular flexibility index (Phi) is 3.80. The Morgan fingerprint density at radius 3 is 2.57 bits per heavy atom. The molecule has 1 atom stereocenters. The molecule has 23 heavy (non-hydrogen) atoms. The summed E-state index contributed by atoms with van der Waals surface area (Å²) in [6.45, 7) is 1.84. The molecule has 0 aliphatic carbocycles. The second-order valence-electron chi connectivity index (χ2n) is 5.22. The lowest BCUT2D eigenvalue weighted by Gasteiger charge is -2.13. The molecule has 1 aromatic carbocycles. The third-order valence-corrected chi connectivity index (χ3v) is 3.61. The number of nitrogens with zero attached hydrogens (tertiary/aromatic N) is 2. The fraction of sp³-hybridized carbons (Fsp3) is 0.118. The molecular formula is C17H15N3O3. The third-order valence-electron chi connectivity index (χ3n) is 3.61. The maximum Gasteiger partial charge on any atom is 0.335 e. The van der Waals surface area contributed by atoms with Gasteiger partial charge in [-0.15, -0.1) is 0 Å². The van der Waals surface area contributed by atoms with Crippen LogP contribution in [0.5, 0.6) is 0 Å². The van der Waals surface area contributed by atoms with Crippen LogP contribution in [0.3, 0.4) is 0 Å². The molecule has 2 heterocycles. The minimum atomic E-state index is -0.974. The smallest absolute Gasteiger partial charge is 0.335 e. The Hall–Kier alpha value is -3.15. The third kappa shape index (κ3) is 3.06. The monoisotopic (exact) mass is 309 g/mol. The number of benzene rings is 1. The van der Waals surface area contributed by atoms with E-state index in [1.807, 2.05) is 25.1 Å². The fourth-order valence-corrected chi connectivity index (χ4v) is 2.32. The number of amides is 1. The van der Waals surface area contributed by atoms with Crippen LogP contribution in [-0.4, -0.2) is 26.6 Å². The summed E-state index contributed by atoms with van der Waals surface area (Å²) in [5, 5.41) is 16.0. The van der Waals surface area contributed by atoms with Gasteiger partial charge in [0.1, 0.15) is 0 Å². The van der Waals surface area contributed by atoms with Crippen LogP contribution in [0, 0.1) is 0 Å². The van der Waals surface area contributed by atoms with Gasteiger partial charge >= 0.3 is 5.97 Å². The first-order valence-corrected chi connectivity index (χ1v) is 7.13. The lowest BCUT2D eigenvalue weighted by Crippen LogP contribution is -2.27. The summed E-state index contributed by atoms with van der Waals surface area (Å²) in [5.41, 5.74) is 2.22. The minimum Gasteiger partial charge on any atom is -0.478 e. The van der Waals surface area contributed by atoms with Crippen molar-refractivity contribution in [3.8, 4) is 0 Å². The topological polar surface area (TPSA) is 83.7 Å². The van der Waals surface area contributed by atoms with Crippen molar-refractivity contribution >= 4 is 17.4 Å². The molecule has 3 aromatic rings. The first-order valence-electron chi connectivity index (χ1n) is 7.13. The number of fused-ring (bicyclic) bond motifs is 1. The molecule has 0 aliphatic rings. The zero-order chi connectivity index (χ0) is 16.4. The van der Waals surface area contributed by atoms with Gasteiger partial charge in [-0.05, 0) is 42.8 Å². The first-order chi connectivity index (χ1) is 11.0. The molecular weight excluding hydrogens is 294 g/mol. The highest BCUT2D eigenvalue weighted by Crippen LogP contribution is 2.15. The van der Waals surface area contributed by atoms with Gasteiger partial charge in [-0.3, -0.25) is 4.79 Å². The van der Waals surface area contributed by atoms with E-state index in [9.17, 15) is 9.59 Å². The van der Waals surface area contributed by atoms with Gasteiger partial charge in [0.15, 0.2) is 5.69 Å². The Balaban J connectivity index is 1.74. The number of rotatable bonds is 4. The lowest BCUT2D eigenvalue weighted by molar-refractivity contribution is 0.0696. The Morgan fingerprint density at radius 1 is 1.17 bits per heavy atom. The van der Waals surface area contributed by atoms with Crippen LogP contribution >= 0.6 is 0 Å². The maximum atomic E-state index is 12.3. The molecule has 0 bridgehead atoms. The predicted molar refractivity (Wildman–Crippen MR) is 84.5 cm³/mol. The van der Waals surface area contributed by atoms with E-state index in [-0.39, 0.29) is 17.5 Å². The van der Waals surface area contributed by atoms with Gasteiger partial charge in [0.25, 0.3) is 5.91 Å². The SMILES string of the molecule is C[C@@H](NC(=O)c1cc2ccccn2n1)c1ccc(C(=O)O)cc1. The van der Waals surface area contributed by atoms with Crippen molar-refractivity contribution in [1.29, 1.82) is 0 Å². The summed E-state index contributed by atoms with van der Waals surface area (Å²) >= 11 is 0. The molecule has 0 fully saturated rings. The predicted octanol–water partition coefficient (Wildman–Crippen LogP) is 2.52. The number of carboxylic acids is 1. The molecule has 0 aliphatic heterocycles. The zero-order valence-electron chi connectivity index (χ0n) is 12.4. The van der Waals surface area contributed by atoms with Crippen LogP contribution in [0.15, 0.2) is 54.7 Å². The molecule has 2 N–H and O–H groups in total. The van der Waals surface area contributed by atoms with E-state index in [1.54, 1.807) is 28.9 Å². The normalized spacial score (nSPS) is 12.0. The number of hydrogen-bond donors (Lipinski definition) is 2. The largest absolute Gasteiger partial charge is 0.478 e. The summed E-state index contributed by atoms with van der Waals surface area (Å²) in [4.78, 5) is 23.1. The summed E-state index contributed by atoms with van der Waals surface area (Å²) in [6.07, 6.45) is 1.78. The van der Waals surface area contributed by atoms with Gasteiger partial charge in [-0.25, -0.2) is 9.31 Å². The van der Waals surface area contributed by atoms with E-state index >= 15 is 0 Å². The number of aromatic carboxylic acids is 1.